The van der Waals surface area contributed by atoms with Gasteiger partial charge in [0, 0.05) is 50.4 Å². The standard InChI is InChI=1S/C57H51BN2/c1-55(2,40-22-12-7-13-23-40)43-32-34-50-48(36-43)58-49-37-44(56(3,4)41-24-14-8-15-25-41)33-35-51(49)60(47-30-20-11-21-31-47)53-39-45(57(5,6)42-26-16-9-17-27-42)38-52(54(53)58)59(50)46-28-18-10-19-29-46/h7-39H,1-6H3. The van der Waals surface area contributed by atoms with Crippen LogP contribution in [-0.2, 0) is 16.2 Å². The summed E-state index contributed by atoms with van der Waals surface area (Å²) in [5.74, 6) is 0. The number of nitrogens with zero attached hydrogens (tertiary/aromatic N) is 2. The van der Waals surface area contributed by atoms with Crippen LogP contribution in [0.1, 0.15) is 74.9 Å². The van der Waals surface area contributed by atoms with Gasteiger partial charge in [0.25, 0.3) is 6.71 Å². The molecule has 0 unspecified atom stereocenters. The van der Waals surface area contributed by atoms with Crippen LogP contribution >= 0.6 is 0 Å². The predicted molar refractivity (Wildman–Crippen MR) is 256 cm³/mol. The molecule has 2 aliphatic heterocycles. The summed E-state index contributed by atoms with van der Waals surface area (Å²) in [4.78, 5) is 5.08. The van der Waals surface area contributed by atoms with Crippen molar-refractivity contribution in [3.8, 4) is 0 Å². The highest BCUT2D eigenvalue weighted by Gasteiger charge is 2.45. The van der Waals surface area contributed by atoms with Gasteiger partial charge in [0.2, 0.25) is 0 Å². The lowest BCUT2D eigenvalue weighted by Gasteiger charge is -2.46. The van der Waals surface area contributed by atoms with Gasteiger partial charge in [0.1, 0.15) is 0 Å². The fourth-order valence-corrected chi connectivity index (χ4v) is 9.92. The van der Waals surface area contributed by atoms with Gasteiger partial charge in [-0.15, -0.1) is 0 Å². The van der Waals surface area contributed by atoms with Gasteiger partial charge < -0.3 is 9.80 Å². The van der Waals surface area contributed by atoms with Crippen LogP contribution < -0.4 is 26.2 Å². The van der Waals surface area contributed by atoms with E-state index in [2.05, 4.69) is 252 Å². The molecule has 0 amide bonds. The number of para-hydroxylation sites is 2. The quantitative estimate of drug-likeness (QED) is 0.142. The van der Waals surface area contributed by atoms with E-state index in [0.717, 1.165) is 11.4 Å². The van der Waals surface area contributed by atoms with E-state index in [1.165, 1.54) is 72.5 Å². The minimum absolute atomic E-state index is 0.0214. The summed E-state index contributed by atoms with van der Waals surface area (Å²) in [6, 6.07) is 74.5. The summed E-state index contributed by atoms with van der Waals surface area (Å²) in [5, 5.41) is 0. The number of benzene rings is 8. The second-order valence-electron chi connectivity index (χ2n) is 18.2. The number of rotatable bonds is 8. The van der Waals surface area contributed by atoms with E-state index in [4.69, 9.17) is 0 Å². The molecule has 0 N–H and O–H groups in total. The Morgan fingerprint density at radius 2 is 0.617 bits per heavy atom. The van der Waals surface area contributed by atoms with Gasteiger partial charge in [0.15, 0.2) is 0 Å². The van der Waals surface area contributed by atoms with Crippen molar-refractivity contribution in [2.45, 2.75) is 57.8 Å². The molecule has 0 fully saturated rings. The molecule has 2 nitrogen and oxygen atoms in total. The molecule has 8 aromatic carbocycles. The van der Waals surface area contributed by atoms with Crippen molar-refractivity contribution in [2.24, 2.45) is 0 Å². The lowest BCUT2D eigenvalue weighted by molar-refractivity contribution is 0.640. The maximum absolute atomic E-state index is 2.54. The number of hydrogen-bond donors (Lipinski definition) is 0. The molecule has 0 saturated heterocycles. The van der Waals surface area contributed by atoms with E-state index in [1.807, 2.05) is 0 Å². The molecule has 292 valence electrons. The van der Waals surface area contributed by atoms with Crippen molar-refractivity contribution in [3.63, 3.8) is 0 Å². The summed E-state index contributed by atoms with van der Waals surface area (Å²) in [6.07, 6.45) is 0. The van der Waals surface area contributed by atoms with Gasteiger partial charge in [-0.2, -0.15) is 0 Å². The second-order valence-corrected chi connectivity index (χ2v) is 18.2. The summed E-state index contributed by atoms with van der Waals surface area (Å²) < 4.78 is 0. The van der Waals surface area contributed by atoms with E-state index in [0.29, 0.717) is 0 Å². The minimum Gasteiger partial charge on any atom is -0.311 e. The van der Waals surface area contributed by atoms with Crippen LogP contribution in [0.25, 0.3) is 0 Å². The molecule has 8 aromatic rings. The predicted octanol–water partition coefficient (Wildman–Crippen LogP) is 12.7. The molecule has 0 aromatic heterocycles. The fraction of sp³-hybridized carbons (Fsp3) is 0.158. The highest BCUT2D eigenvalue weighted by molar-refractivity contribution is 7.00. The molecule has 60 heavy (non-hydrogen) atoms. The number of hydrogen-bond acceptors (Lipinski definition) is 2. The first-order valence-electron chi connectivity index (χ1n) is 21.4. The van der Waals surface area contributed by atoms with Crippen LogP contribution in [0.15, 0.2) is 200 Å². The third kappa shape index (κ3) is 6.02. The van der Waals surface area contributed by atoms with Crippen molar-refractivity contribution in [1.82, 2.24) is 0 Å². The Hall–Kier alpha value is -6.58. The highest BCUT2D eigenvalue weighted by atomic mass is 15.2. The van der Waals surface area contributed by atoms with Crippen LogP contribution in [0.5, 0.6) is 0 Å². The van der Waals surface area contributed by atoms with E-state index in [9.17, 15) is 0 Å². The van der Waals surface area contributed by atoms with Crippen molar-refractivity contribution in [3.05, 3.63) is 234 Å². The average molecular weight is 775 g/mol. The molecule has 0 atom stereocenters. The summed E-state index contributed by atoms with van der Waals surface area (Å²) in [7, 11) is 0. The van der Waals surface area contributed by atoms with Gasteiger partial charge in [-0.05, 0) is 98.3 Å². The molecule has 2 aliphatic rings. The van der Waals surface area contributed by atoms with Gasteiger partial charge in [-0.25, -0.2) is 0 Å². The third-order valence-electron chi connectivity index (χ3n) is 13.7. The van der Waals surface area contributed by atoms with E-state index >= 15 is 0 Å². The van der Waals surface area contributed by atoms with Gasteiger partial charge in [-0.3, -0.25) is 0 Å². The monoisotopic (exact) mass is 774 g/mol. The van der Waals surface area contributed by atoms with Crippen molar-refractivity contribution < 1.29 is 0 Å². The maximum Gasteiger partial charge on any atom is 0.252 e. The summed E-state index contributed by atoms with van der Waals surface area (Å²) in [5.41, 5.74) is 18.3. The van der Waals surface area contributed by atoms with Gasteiger partial charge in [0.05, 0.1) is 0 Å². The van der Waals surface area contributed by atoms with Crippen molar-refractivity contribution >= 4 is 57.2 Å². The second kappa shape index (κ2) is 14.3. The molecule has 0 aliphatic carbocycles. The number of anilines is 6. The van der Waals surface area contributed by atoms with Crippen LogP contribution in [0, 0.1) is 0 Å². The zero-order valence-corrected chi connectivity index (χ0v) is 35.5. The molecule has 0 spiro atoms. The molecule has 0 radical (unpaired) electrons. The lowest BCUT2D eigenvalue weighted by Crippen LogP contribution is -2.62. The van der Waals surface area contributed by atoms with Crippen molar-refractivity contribution in [2.75, 3.05) is 9.80 Å². The normalized spacial score (nSPS) is 13.4. The van der Waals surface area contributed by atoms with E-state index in [-0.39, 0.29) is 23.0 Å². The highest BCUT2D eigenvalue weighted by Crippen LogP contribution is 2.48. The van der Waals surface area contributed by atoms with E-state index < -0.39 is 0 Å². The first-order valence-corrected chi connectivity index (χ1v) is 21.4. The Kier molecular flexibility index (Phi) is 8.99. The Morgan fingerprint density at radius 1 is 0.300 bits per heavy atom. The molecule has 2 heterocycles. The van der Waals surface area contributed by atoms with Crippen molar-refractivity contribution in [1.29, 1.82) is 0 Å². The Balaban J connectivity index is 1.32. The van der Waals surface area contributed by atoms with Crippen LogP contribution in [-0.4, -0.2) is 6.71 Å². The number of fused-ring (bicyclic) bond motifs is 4. The van der Waals surface area contributed by atoms with Crippen LogP contribution in [0.4, 0.5) is 34.1 Å². The van der Waals surface area contributed by atoms with Crippen LogP contribution in [0.2, 0.25) is 0 Å². The van der Waals surface area contributed by atoms with E-state index in [1.54, 1.807) is 0 Å². The molecule has 10 rings (SSSR count). The Bertz CT molecular complexity index is 2660. The minimum atomic E-state index is -0.277. The molecular formula is C57H51BN2. The summed E-state index contributed by atoms with van der Waals surface area (Å²) in [6.45, 7) is 14.2. The zero-order valence-electron chi connectivity index (χ0n) is 35.5. The van der Waals surface area contributed by atoms with Gasteiger partial charge >= 0.3 is 0 Å². The largest absolute Gasteiger partial charge is 0.311 e. The topological polar surface area (TPSA) is 6.48 Å². The molecule has 0 saturated carbocycles. The SMILES string of the molecule is CC(C)(c1ccccc1)c1ccc2c(c1)B1c3cc(C(C)(C)c4ccccc4)ccc3N(c3ccccc3)c3cc(C(C)(C)c4ccccc4)cc(c31)N2c1ccccc1. The van der Waals surface area contributed by atoms with Crippen LogP contribution in [0.3, 0.4) is 0 Å². The fourth-order valence-electron chi connectivity index (χ4n) is 9.92. The third-order valence-corrected chi connectivity index (χ3v) is 13.7. The van der Waals surface area contributed by atoms with Gasteiger partial charge in [-0.1, -0.05) is 193 Å². The molecule has 3 heteroatoms. The Morgan fingerprint density at radius 3 is 0.967 bits per heavy atom. The summed E-state index contributed by atoms with van der Waals surface area (Å²) >= 11 is 0. The maximum atomic E-state index is 2.54. The Labute approximate surface area is 356 Å². The molecular weight excluding hydrogens is 723 g/mol. The lowest BCUT2D eigenvalue weighted by atomic mass is 9.33. The smallest absolute Gasteiger partial charge is 0.252 e. The first kappa shape index (κ1) is 37.7. The zero-order chi connectivity index (χ0) is 41.2. The first-order chi connectivity index (χ1) is 29.0. The average Bonchev–Trinajstić information content (AvgIpc) is 3.29. The molecule has 0 bridgehead atoms.